The first-order valence-electron chi connectivity index (χ1n) is 4.72. The summed E-state index contributed by atoms with van der Waals surface area (Å²) >= 11 is 3.40. The van der Waals surface area contributed by atoms with Gasteiger partial charge in [0.2, 0.25) is 0 Å². The van der Waals surface area contributed by atoms with Crippen LogP contribution in [0.2, 0.25) is 0 Å². The molecule has 0 spiro atoms. The Morgan fingerprint density at radius 2 is 1.69 bits per heavy atom. The third-order valence-electron chi connectivity index (χ3n) is 1.72. The fourth-order valence-corrected chi connectivity index (χ4v) is 1.20. The average molecular weight is 291 g/mol. The summed E-state index contributed by atoms with van der Waals surface area (Å²) in [5, 5.41) is 23.9. The maximum Gasteiger partial charge on any atom is 0.335 e. The number of hydrogen-bond acceptors (Lipinski definition) is 3. The van der Waals surface area contributed by atoms with Crippen molar-refractivity contribution in [3.63, 3.8) is 0 Å². The van der Waals surface area contributed by atoms with Gasteiger partial charge in [0.05, 0.1) is 18.8 Å². The zero-order valence-corrected chi connectivity index (χ0v) is 10.5. The first-order chi connectivity index (χ1) is 7.52. The number of aromatic carboxylic acids is 1. The van der Waals surface area contributed by atoms with Gasteiger partial charge in [-0.05, 0) is 24.6 Å². The molecule has 0 radical (unpaired) electrons. The molecule has 0 amide bonds. The van der Waals surface area contributed by atoms with Gasteiger partial charge in [-0.15, -0.1) is 0 Å². The SMILES string of the molecule is CC(Br)c1ccc(C(=O)O)cc1.OCCO. The largest absolute Gasteiger partial charge is 0.478 e. The second kappa shape index (κ2) is 8.27. The molecule has 90 valence electrons. The van der Waals surface area contributed by atoms with Gasteiger partial charge in [-0.25, -0.2) is 4.79 Å². The van der Waals surface area contributed by atoms with Crippen molar-refractivity contribution < 1.29 is 20.1 Å². The van der Waals surface area contributed by atoms with E-state index in [0.29, 0.717) is 5.56 Å². The number of carboxylic acid groups (broad SMARTS) is 1. The Bertz CT molecular complexity index is 306. The molecular weight excluding hydrogens is 276 g/mol. The fraction of sp³-hybridized carbons (Fsp3) is 0.364. The lowest BCUT2D eigenvalue weighted by Crippen LogP contribution is -1.95. The smallest absolute Gasteiger partial charge is 0.335 e. The number of carboxylic acids is 1. The number of carbonyl (C=O) groups is 1. The Kier molecular flexibility index (Phi) is 7.80. The molecule has 0 aromatic heterocycles. The van der Waals surface area contributed by atoms with Gasteiger partial charge < -0.3 is 15.3 Å². The lowest BCUT2D eigenvalue weighted by atomic mass is 10.1. The molecule has 0 saturated carbocycles. The van der Waals surface area contributed by atoms with Crippen LogP contribution in [0.5, 0.6) is 0 Å². The van der Waals surface area contributed by atoms with Gasteiger partial charge in [0.1, 0.15) is 0 Å². The number of aliphatic hydroxyl groups is 2. The molecule has 16 heavy (non-hydrogen) atoms. The standard InChI is InChI=1S/C9H9BrO2.C2H6O2/c1-6(10)7-2-4-8(5-3-7)9(11)12;3-1-2-4/h2-6H,1H3,(H,11,12);3-4H,1-2H2. The minimum absolute atomic E-state index is 0.125. The Morgan fingerprint density at radius 3 is 1.94 bits per heavy atom. The van der Waals surface area contributed by atoms with E-state index >= 15 is 0 Å². The van der Waals surface area contributed by atoms with Gasteiger partial charge in [0, 0.05) is 4.83 Å². The van der Waals surface area contributed by atoms with E-state index in [1.165, 1.54) is 0 Å². The van der Waals surface area contributed by atoms with Crippen molar-refractivity contribution in [1.29, 1.82) is 0 Å². The maximum absolute atomic E-state index is 10.5. The van der Waals surface area contributed by atoms with Crippen molar-refractivity contribution in [2.75, 3.05) is 13.2 Å². The molecule has 4 nitrogen and oxygen atoms in total. The summed E-state index contributed by atoms with van der Waals surface area (Å²) in [6.07, 6.45) is 0. The van der Waals surface area contributed by atoms with Gasteiger partial charge in [0.25, 0.3) is 0 Å². The van der Waals surface area contributed by atoms with Crippen molar-refractivity contribution in [2.45, 2.75) is 11.8 Å². The van der Waals surface area contributed by atoms with Crippen LogP contribution < -0.4 is 0 Å². The number of alkyl halides is 1. The summed E-state index contributed by atoms with van der Waals surface area (Å²) in [6.45, 7) is 1.75. The molecule has 1 aromatic rings. The molecule has 0 aliphatic heterocycles. The van der Waals surface area contributed by atoms with Crippen LogP contribution in [0, 0.1) is 0 Å². The summed E-state index contributed by atoms with van der Waals surface area (Å²) in [4.78, 5) is 10.7. The van der Waals surface area contributed by atoms with Crippen LogP contribution in [0.3, 0.4) is 0 Å². The van der Waals surface area contributed by atoms with Gasteiger partial charge in [-0.3, -0.25) is 0 Å². The maximum atomic E-state index is 10.5. The number of rotatable bonds is 3. The zero-order chi connectivity index (χ0) is 12.6. The second-order valence-electron chi connectivity index (χ2n) is 2.99. The van der Waals surface area contributed by atoms with E-state index in [1.807, 2.05) is 19.1 Å². The van der Waals surface area contributed by atoms with E-state index in [2.05, 4.69) is 15.9 Å². The summed E-state index contributed by atoms with van der Waals surface area (Å²) in [6, 6.07) is 6.83. The lowest BCUT2D eigenvalue weighted by Gasteiger charge is -2.02. The Balaban J connectivity index is 0.000000487. The number of hydrogen-bond donors (Lipinski definition) is 3. The minimum atomic E-state index is -0.885. The summed E-state index contributed by atoms with van der Waals surface area (Å²) < 4.78 is 0. The van der Waals surface area contributed by atoms with Crippen LogP contribution in [-0.4, -0.2) is 34.5 Å². The van der Waals surface area contributed by atoms with Crippen LogP contribution in [0.4, 0.5) is 0 Å². The first-order valence-corrected chi connectivity index (χ1v) is 5.63. The molecule has 0 aliphatic rings. The summed E-state index contributed by atoms with van der Waals surface area (Å²) in [7, 11) is 0. The van der Waals surface area contributed by atoms with E-state index in [9.17, 15) is 4.79 Å². The Morgan fingerprint density at radius 1 is 1.25 bits per heavy atom. The van der Waals surface area contributed by atoms with Crippen molar-refractivity contribution in [3.8, 4) is 0 Å². The molecule has 1 aromatic carbocycles. The molecule has 0 bridgehead atoms. The van der Waals surface area contributed by atoms with Gasteiger partial charge >= 0.3 is 5.97 Å². The van der Waals surface area contributed by atoms with Crippen LogP contribution in [0.25, 0.3) is 0 Å². The van der Waals surface area contributed by atoms with Crippen molar-refractivity contribution in [3.05, 3.63) is 35.4 Å². The molecule has 1 rings (SSSR count). The highest BCUT2D eigenvalue weighted by atomic mass is 79.9. The topological polar surface area (TPSA) is 77.8 Å². The summed E-state index contributed by atoms with van der Waals surface area (Å²) in [5.41, 5.74) is 1.41. The van der Waals surface area contributed by atoms with Gasteiger partial charge in [-0.1, -0.05) is 28.1 Å². The quantitative estimate of drug-likeness (QED) is 0.742. The Labute approximate surface area is 103 Å². The monoisotopic (exact) mass is 290 g/mol. The molecule has 0 heterocycles. The van der Waals surface area contributed by atoms with E-state index in [4.69, 9.17) is 15.3 Å². The van der Waals surface area contributed by atoms with Crippen LogP contribution in [-0.2, 0) is 0 Å². The highest BCUT2D eigenvalue weighted by molar-refractivity contribution is 9.09. The first kappa shape index (κ1) is 15.1. The van der Waals surface area contributed by atoms with Crippen LogP contribution >= 0.6 is 15.9 Å². The normalized spacial score (nSPS) is 11.2. The minimum Gasteiger partial charge on any atom is -0.478 e. The molecule has 1 atom stereocenters. The van der Waals surface area contributed by atoms with Gasteiger partial charge in [-0.2, -0.15) is 0 Å². The highest BCUT2D eigenvalue weighted by Gasteiger charge is 2.03. The van der Waals surface area contributed by atoms with Crippen molar-refractivity contribution >= 4 is 21.9 Å². The average Bonchev–Trinajstić information content (AvgIpc) is 2.29. The zero-order valence-electron chi connectivity index (χ0n) is 8.93. The molecular formula is C11H15BrO4. The highest BCUT2D eigenvalue weighted by Crippen LogP contribution is 2.21. The van der Waals surface area contributed by atoms with Crippen LogP contribution in [0.1, 0.15) is 27.7 Å². The predicted molar refractivity (Wildman–Crippen MR) is 64.9 cm³/mol. The summed E-state index contributed by atoms with van der Waals surface area (Å²) in [5.74, 6) is -0.885. The molecule has 5 heteroatoms. The predicted octanol–water partition coefficient (Wildman–Crippen LogP) is 1.81. The van der Waals surface area contributed by atoms with E-state index in [0.717, 1.165) is 5.56 Å². The van der Waals surface area contributed by atoms with Crippen molar-refractivity contribution in [1.82, 2.24) is 0 Å². The third-order valence-corrected chi connectivity index (χ3v) is 2.25. The van der Waals surface area contributed by atoms with Gasteiger partial charge in [0.15, 0.2) is 0 Å². The van der Waals surface area contributed by atoms with Crippen LogP contribution in [0.15, 0.2) is 24.3 Å². The van der Waals surface area contributed by atoms with E-state index < -0.39 is 5.97 Å². The number of halogens is 1. The fourth-order valence-electron chi connectivity index (χ4n) is 0.891. The third kappa shape index (κ3) is 5.85. The van der Waals surface area contributed by atoms with Crippen molar-refractivity contribution in [2.24, 2.45) is 0 Å². The molecule has 3 N–H and O–H groups in total. The van der Waals surface area contributed by atoms with E-state index in [1.54, 1.807) is 12.1 Å². The second-order valence-corrected chi connectivity index (χ2v) is 4.36. The Hall–Kier alpha value is -0.910. The van der Waals surface area contributed by atoms with E-state index in [-0.39, 0.29) is 18.0 Å². The number of benzene rings is 1. The molecule has 0 fully saturated rings. The number of aliphatic hydroxyl groups excluding tert-OH is 2. The lowest BCUT2D eigenvalue weighted by molar-refractivity contribution is 0.0697. The molecule has 1 unspecified atom stereocenters. The molecule has 0 saturated heterocycles. The molecule has 0 aliphatic carbocycles.